The van der Waals surface area contributed by atoms with Crippen LogP contribution in [0.4, 0.5) is 4.39 Å². The van der Waals surface area contributed by atoms with Gasteiger partial charge in [0.1, 0.15) is 12.2 Å². The molecule has 0 radical (unpaired) electrons. The Morgan fingerprint density at radius 3 is 2.40 bits per heavy atom. The minimum Gasteiger partial charge on any atom is -0.356 e. The second kappa shape index (κ2) is 10.1. The second-order valence-corrected chi connectivity index (χ2v) is 9.61. The number of amides is 2. The first-order chi connectivity index (χ1) is 14.4. The summed E-state index contributed by atoms with van der Waals surface area (Å²) >= 11 is 0. The highest BCUT2D eigenvalue weighted by atomic mass is 19.1. The van der Waals surface area contributed by atoms with Crippen LogP contribution in [0.25, 0.3) is 0 Å². The Balaban J connectivity index is 1.42. The molecular formula is C23H37FN4O2. The number of fused-ring (bicyclic) bond motifs is 3. The van der Waals surface area contributed by atoms with Crippen LogP contribution in [0.5, 0.6) is 0 Å². The van der Waals surface area contributed by atoms with Crippen LogP contribution in [-0.4, -0.2) is 54.1 Å². The molecule has 3 saturated carbocycles. The van der Waals surface area contributed by atoms with E-state index in [0.29, 0.717) is 0 Å². The molecule has 7 heteroatoms. The fraction of sp³-hybridized carbons (Fsp3) is 0.870. The lowest BCUT2D eigenvalue weighted by molar-refractivity contribution is -0.139. The van der Waals surface area contributed by atoms with E-state index < -0.39 is 12.2 Å². The highest BCUT2D eigenvalue weighted by molar-refractivity contribution is 5.83. The van der Waals surface area contributed by atoms with Crippen LogP contribution in [0.15, 0.2) is 0 Å². The van der Waals surface area contributed by atoms with Gasteiger partial charge in [0, 0.05) is 23.9 Å². The topological polar surface area (TPSA) is 85.2 Å². The average molecular weight is 421 g/mol. The van der Waals surface area contributed by atoms with Crippen molar-refractivity contribution in [2.75, 3.05) is 19.6 Å². The van der Waals surface area contributed by atoms with Crippen molar-refractivity contribution in [3.63, 3.8) is 0 Å². The van der Waals surface area contributed by atoms with Gasteiger partial charge in [-0.15, -0.1) is 0 Å². The number of carbonyl (C=O) groups is 2. The van der Waals surface area contributed by atoms with Gasteiger partial charge < -0.3 is 15.5 Å². The monoisotopic (exact) mass is 420 g/mol. The number of alkyl halides is 1. The van der Waals surface area contributed by atoms with Crippen LogP contribution >= 0.6 is 0 Å². The van der Waals surface area contributed by atoms with Gasteiger partial charge >= 0.3 is 0 Å². The van der Waals surface area contributed by atoms with Crippen molar-refractivity contribution in [2.45, 2.75) is 102 Å². The standard InChI is InChI=1S/C23H37FN4O2/c1-2-3-4-5-6-13-26-21(30)22-7-10-23(11-8-22,12-9-22)27-16-20(29)28-17-18(24)14-19(28)15-25/h18-19,27H,2-14,16-17H2,1H3,(H,26,30)/t18-,19-,22?,23?/m0/s1. The maximum atomic E-state index is 13.6. The van der Waals surface area contributed by atoms with Crippen molar-refractivity contribution in [3.05, 3.63) is 0 Å². The largest absolute Gasteiger partial charge is 0.356 e. The van der Waals surface area contributed by atoms with E-state index in [2.05, 4.69) is 17.6 Å². The van der Waals surface area contributed by atoms with Gasteiger partial charge in [-0.2, -0.15) is 5.26 Å². The number of carbonyl (C=O) groups excluding carboxylic acids is 2. The molecule has 0 aromatic heterocycles. The Kier molecular flexibility index (Phi) is 7.73. The molecule has 6 nitrogen and oxygen atoms in total. The smallest absolute Gasteiger partial charge is 0.237 e. The van der Waals surface area contributed by atoms with Crippen molar-refractivity contribution in [1.29, 1.82) is 5.26 Å². The van der Waals surface area contributed by atoms with E-state index >= 15 is 0 Å². The van der Waals surface area contributed by atoms with E-state index in [4.69, 9.17) is 5.26 Å². The number of likely N-dealkylation sites (tertiary alicyclic amines) is 1. The summed E-state index contributed by atoms with van der Waals surface area (Å²) < 4.78 is 13.6. The zero-order chi connectivity index (χ0) is 21.6. The summed E-state index contributed by atoms with van der Waals surface area (Å²) in [7, 11) is 0. The van der Waals surface area contributed by atoms with Crippen LogP contribution in [0, 0.1) is 16.7 Å². The van der Waals surface area contributed by atoms with E-state index in [0.717, 1.165) is 51.5 Å². The minimum atomic E-state index is -1.10. The molecule has 2 N–H and O–H groups in total. The number of nitriles is 1. The maximum absolute atomic E-state index is 13.6. The summed E-state index contributed by atoms with van der Waals surface area (Å²) in [4.78, 5) is 26.8. The number of hydrogen-bond acceptors (Lipinski definition) is 4. The fourth-order valence-corrected chi connectivity index (χ4v) is 5.46. The van der Waals surface area contributed by atoms with Gasteiger partial charge in [0.2, 0.25) is 11.8 Å². The zero-order valence-corrected chi connectivity index (χ0v) is 18.4. The molecule has 1 heterocycles. The lowest BCUT2D eigenvalue weighted by atomic mass is 9.57. The van der Waals surface area contributed by atoms with E-state index in [-0.39, 0.29) is 42.3 Å². The predicted octanol–water partition coefficient (Wildman–Crippen LogP) is 3.22. The summed E-state index contributed by atoms with van der Waals surface area (Å²) in [6, 6.07) is 1.39. The molecule has 2 bridgehead atoms. The molecule has 2 atom stereocenters. The summed E-state index contributed by atoms with van der Waals surface area (Å²) in [6.45, 7) is 3.13. The second-order valence-electron chi connectivity index (χ2n) is 9.61. The summed E-state index contributed by atoms with van der Waals surface area (Å²) in [5, 5.41) is 15.8. The molecule has 1 saturated heterocycles. The first-order valence-electron chi connectivity index (χ1n) is 11.8. The van der Waals surface area contributed by atoms with E-state index in [1.807, 2.05) is 6.07 Å². The van der Waals surface area contributed by atoms with E-state index in [1.165, 1.54) is 30.6 Å². The third-order valence-electron chi connectivity index (χ3n) is 7.63. The average Bonchev–Trinajstić information content (AvgIpc) is 3.16. The lowest BCUT2D eigenvalue weighted by Gasteiger charge is -2.53. The van der Waals surface area contributed by atoms with Crippen LogP contribution < -0.4 is 10.6 Å². The quantitative estimate of drug-likeness (QED) is 0.532. The minimum absolute atomic E-state index is 0.0213. The Morgan fingerprint density at radius 2 is 1.77 bits per heavy atom. The van der Waals surface area contributed by atoms with Crippen LogP contribution in [0.2, 0.25) is 0 Å². The van der Waals surface area contributed by atoms with Gasteiger partial charge in [0.25, 0.3) is 0 Å². The van der Waals surface area contributed by atoms with Crippen LogP contribution in [0.3, 0.4) is 0 Å². The number of rotatable bonds is 10. The van der Waals surface area contributed by atoms with E-state index in [1.54, 1.807) is 0 Å². The van der Waals surface area contributed by atoms with Crippen molar-refractivity contribution < 1.29 is 14.0 Å². The molecule has 4 fully saturated rings. The molecule has 2 amide bonds. The molecule has 4 rings (SSSR count). The SMILES string of the molecule is CCCCCCCNC(=O)C12CCC(NCC(=O)N3C[C@@H](F)C[C@H]3C#N)(CC1)CC2. The molecule has 3 aliphatic carbocycles. The molecule has 0 unspecified atom stereocenters. The fourth-order valence-electron chi connectivity index (χ4n) is 5.46. The Bertz CT molecular complexity index is 638. The molecular weight excluding hydrogens is 383 g/mol. The summed E-state index contributed by atoms with van der Waals surface area (Å²) in [5.41, 5.74) is -0.339. The third-order valence-corrected chi connectivity index (χ3v) is 7.63. The molecule has 0 aromatic rings. The first kappa shape index (κ1) is 23.0. The normalized spacial score (nSPS) is 32.8. The molecule has 1 aliphatic heterocycles. The Morgan fingerprint density at radius 1 is 1.10 bits per heavy atom. The third kappa shape index (κ3) is 5.14. The van der Waals surface area contributed by atoms with Crippen molar-refractivity contribution in [3.8, 4) is 6.07 Å². The molecule has 4 aliphatic rings. The van der Waals surface area contributed by atoms with Crippen LogP contribution in [0.1, 0.15) is 84.0 Å². The first-order valence-corrected chi connectivity index (χ1v) is 11.8. The van der Waals surface area contributed by atoms with Gasteiger partial charge in [-0.05, 0) is 44.9 Å². The summed E-state index contributed by atoms with van der Waals surface area (Å²) in [6.07, 6.45) is 10.2. The van der Waals surface area contributed by atoms with Crippen molar-refractivity contribution in [2.24, 2.45) is 5.41 Å². The van der Waals surface area contributed by atoms with Crippen LogP contribution in [-0.2, 0) is 9.59 Å². The van der Waals surface area contributed by atoms with E-state index in [9.17, 15) is 14.0 Å². The van der Waals surface area contributed by atoms with Gasteiger partial charge in [0.15, 0.2) is 0 Å². The Labute approximate surface area is 179 Å². The van der Waals surface area contributed by atoms with Gasteiger partial charge in [-0.3, -0.25) is 9.59 Å². The molecule has 0 aromatic carbocycles. The highest BCUT2D eigenvalue weighted by Gasteiger charge is 2.52. The van der Waals surface area contributed by atoms with Gasteiger partial charge in [0.05, 0.1) is 19.2 Å². The lowest BCUT2D eigenvalue weighted by Crippen LogP contribution is -2.60. The van der Waals surface area contributed by atoms with Crippen molar-refractivity contribution in [1.82, 2.24) is 15.5 Å². The Hall–Kier alpha value is -1.68. The highest BCUT2D eigenvalue weighted by Crippen LogP contribution is 2.52. The summed E-state index contributed by atoms with van der Waals surface area (Å²) in [5.74, 6) is 0.0181. The molecule has 30 heavy (non-hydrogen) atoms. The number of nitrogens with one attached hydrogen (secondary N) is 2. The molecule has 168 valence electrons. The molecule has 0 spiro atoms. The number of hydrogen-bond donors (Lipinski definition) is 2. The maximum Gasteiger partial charge on any atom is 0.237 e. The number of unbranched alkanes of at least 4 members (excludes halogenated alkanes) is 4. The number of halogens is 1. The zero-order valence-electron chi connectivity index (χ0n) is 18.4. The number of nitrogens with zero attached hydrogens (tertiary/aromatic N) is 2. The predicted molar refractivity (Wildman–Crippen MR) is 113 cm³/mol. The van der Waals surface area contributed by atoms with Crippen molar-refractivity contribution >= 4 is 11.8 Å². The van der Waals surface area contributed by atoms with Gasteiger partial charge in [-0.25, -0.2) is 4.39 Å². The van der Waals surface area contributed by atoms with Gasteiger partial charge in [-0.1, -0.05) is 32.6 Å².